The molecule has 0 amide bonds. The number of methoxy groups -OCH3 is 1. The third-order valence-corrected chi connectivity index (χ3v) is 9.88. The van der Waals surface area contributed by atoms with Crippen molar-refractivity contribution in [2.75, 3.05) is 20.3 Å². The molecule has 4 aliphatic rings. The largest absolute Gasteiger partial charge is 0.456 e. The minimum atomic E-state index is -1.39. The van der Waals surface area contributed by atoms with E-state index in [1.807, 2.05) is 26.1 Å². The Morgan fingerprint density at radius 1 is 1.23 bits per heavy atom. The van der Waals surface area contributed by atoms with Crippen LogP contribution in [0.5, 0.6) is 0 Å². The Hall–Kier alpha value is -3.13. The molecule has 12 heteroatoms. The van der Waals surface area contributed by atoms with E-state index < -0.39 is 54.0 Å². The average Bonchev–Trinajstić information content (AvgIpc) is 3.61. The van der Waals surface area contributed by atoms with Crippen molar-refractivity contribution in [3.63, 3.8) is 0 Å². The summed E-state index contributed by atoms with van der Waals surface area (Å²) in [7, 11) is 3.40. The van der Waals surface area contributed by atoms with E-state index in [-0.39, 0.29) is 31.0 Å². The number of aromatic nitrogens is 2. The van der Waals surface area contributed by atoms with Crippen LogP contribution < -0.4 is 0 Å². The molecule has 0 radical (unpaired) electrons. The molecule has 1 aliphatic carbocycles. The molecule has 5 rings (SSSR count). The van der Waals surface area contributed by atoms with Gasteiger partial charge in [-0.3, -0.25) is 4.79 Å². The van der Waals surface area contributed by atoms with Gasteiger partial charge in [0.1, 0.15) is 23.9 Å². The number of allylic oxidation sites excluding steroid dienone is 3. The lowest BCUT2D eigenvalue weighted by atomic mass is 9.65. The number of imidazole rings is 1. The first-order valence-electron chi connectivity index (χ1n) is 16.2. The number of carbonyl (C=O) groups excluding carboxylic acids is 2. The van der Waals surface area contributed by atoms with Crippen LogP contribution in [-0.2, 0) is 45.1 Å². The fraction of sp³-hybridized carbons (Fsp3) is 0.629. The van der Waals surface area contributed by atoms with Gasteiger partial charge in [-0.15, -0.1) is 0 Å². The number of rotatable bonds is 9. The minimum absolute atomic E-state index is 0.0137. The van der Waals surface area contributed by atoms with Gasteiger partial charge in [-0.25, -0.2) is 9.78 Å². The van der Waals surface area contributed by atoms with Crippen molar-refractivity contribution in [3.8, 4) is 0 Å². The van der Waals surface area contributed by atoms with Gasteiger partial charge in [0.2, 0.25) is 5.79 Å². The molecule has 3 aliphatic heterocycles. The SMILES string of the molecule is CO[C@]12C=C[C@](C)(O1)C(OC(=O)C=Cc1cn(C)cn1)C[C@H]1C(C)=CC[C@H](C(C)C)[C@H]1C=C2CO[C@@H]1OC[C@@H](O)[C@@H](O)[C@@H]1OC(C)=O. The molecule has 10 atom stereocenters. The van der Waals surface area contributed by atoms with E-state index in [1.54, 1.807) is 30.3 Å². The van der Waals surface area contributed by atoms with Crippen LogP contribution in [-0.4, -0.2) is 94.1 Å². The van der Waals surface area contributed by atoms with Gasteiger partial charge in [0.25, 0.3) is 0 Å². The second kappa shape index (κ2) is 14.2. The number of aliphatic hydroxyl groups excluding tert-OH is 2. The summed E-state index contributed by atoms with van der Waals surface area (Å²) in [6, 6.07) is 0. The quantitative estimate of drug-likeness (QED) is 0.229. The lowest BCUT2D eigenvalue weighted by Gasteiger charge is -2.41. The first-order valence-corrected chi connectivity index (χ1v) is 16.2. The molecule has 1 aromatic heterocycles. The molecular weight excluding hydrogens is 608 g/mol. The van der Waals surface area contributed by atoms with Gasteiger partial charge in [-0.05, 0) is 68.6 Å². The molecule has 0 aromatic carbocycles. The monoisotopic (exact) mass is 656 g/mol. The summed E-state index contributed by atoms with van der Waals surface area (Å²) >= 11 is 0. The number of aryl methyl sites for hydroxylation is 1. The first kappa shape index (κ1) is 35.2. The summed E-state index contributed by atoms with van der Waals surface area (Å²) in [6.07, 6.45) is 10.3. The number of aliphatic hydroxyl groups is 2. The normalized spacial score (nSPS) is 37.1. The highest BCUT2D eigenvalue weighted by Crippen LogP contribution is 2.49. The van der Waals surface area contributed by atoms with Crippen molar-refractivity contribution < 1.29 is 48.2 Å². The number of nitrogens with zero attached hydrogens (tertiary/aromatic N) is 2. The van der Waals surface area contributed by atoms with Crippen molar-refractivity contribution >= 4 is 18.0 Å². The van der Waals surface area contributed by atoms with E-state index in [2.05, 4.69) is 37.9 Å². The Morgan fingerprint density at radius 2 is 2.00 bits per heavy atom. The zero-order chi connectivity index (χ0) is 34.1. The highest BCUT2D eigenvalue weighted by Gasteiger charge is 2.54. The molecular formula is C35H48N2O10. The summed E-state index contributed by atoms with van der Waals surface area (Å²) < 4.78 is 38.1. The molecule has 258 valence electrons. The van der Waals surface area contributed by atoms with E-state index in [0.29, 0.717) is 23.6 Å². The van der Waals surface area contributed by atoms with Crippen LogP contribution in [0.25, 0.3) is 6.08 Å². The van der Waals surface area contributed by atoms with Crippen LogP contribution in [0.4, 0.5) is 0 Å². The van der Waals surface area contributed by atoms with Gasteiger partial charge in [-0.1, -0.05) is 31.6 Å². The Balaban J connectivity index is 1.49. The van der Waals surface area contributed by atoms with Crippen molar-refractivity contribution in [2.45, 2.75) is 89.6 Å². The van der Waals surface area contributed by atoms with Gasteiger partial charge in [-0.2, -0.15) is 0 Å². The second-order valence-electron chi connectivity index (χ2n) is 13.6. The maximum Gasteiger partial charge on any atom is 0.331 e. The van der Waals surface area contributed by atoms with Crippen LogP contribution >= 0.6 is 0 Å². The van der Waals surface area contributed by atoms with Crippen LogP contribution in [0.2, 0.25) is 0 Å². The zero-order valence-electron chi connectivity index (χ0n) is 28.2. The molecule has 47 heavy (non-hydrogen) atoms. The molecule has 2 bridgehead atoms. The van der Waals surface area contributed by atoms with Crippen molar-refractivity contribution in [1.29, 1.82) is 0 Å². The Bertz CT molecular complexity index is 1430. The molecule has 1 aromatic rings. The van der Waals surface area contributed by atoms with Crippen molar-refractivity contribution in [3.05, 3.63) is 59.7 Å². The van der Waals surface area contributed by atoms with E-state index >= 15 is 0 Å². The number of fused-ring (bicyclic) bond motifs is 3. The van der Waals surface area contributed by atoms with Gasteiger partial charge < -0.3 is 43.2 Å². The average molecular weight is 657 g/mol. The van der Waals surface area contributed by atoms with Gasteiger partial charge in [0.05, 0.1) is 25.2 Å². The van der Waals surface area contributed by atoms with E-state index in [0.717, 1.165) is 6.42 Å². The summed E-state index contributed by atoms with van der Waals surface area (Å²) in [5, 5.41) is 20.8. The summed E-state index contributed by atoms with van der Waals surface area (Å²) in [5.41, 5.74) is 1.43. The molecule has 1 saturated heterocycles. The third kappa shape index (κ3) is 7.48. The topological polar surface area (TPSA) is 148 Å². The fourth-order valence-corrected chi connectivity index (χ4v) is 7.17. The molecule has 1 unspecified atom stereocenters. The summed E-state index contributed by atoms with van der Waals surface area (Å²) in [5.74, 6) is -1.90. The predicted molar refractivity (Wildman–Crippen MR) is 170 cm³/mol. The lowest BCUT2D eigenvalue weighted by molar-refractivity contribution is -0.277. The molecule has 0 spiro atoms. The lowest BCUT2D eigenvalue weighted by Crippen LogP contribution is -2.55. The number of ether oxygens (including phenoxy) is 6. The van der Waals surface area contributed by atoms with Crippen LogP contribution in [0.3, 0.4) is 0 Å². The van der Waals surface area contributed by atoms with Crippen molar-refractivity contribution in [2.24, 2.45) is 30.7 Å². The summed E-state index contributed by atoms with van der Waals surface area (Å²) in [6.45, 7) is 9.36. The molecule has 2 N–H and O–H groups in total. The first-order chi connectivity index (χ1) is 22.2. The number of carbonyl (C=O) groups is 2. The maximum absolute atomic E-state index is 13.3. The smallest absolute Gasteiger partial charge is 0.331 e. The zero-order valence-corrected chi connectivity index (χ0v) is 28.2. The van der Waals surface area contributed by atoms with Crippen LogP contribution in [0.1, 0.15) is 53.2 Å². The Morgan fingerprint density at radius 3 is 2.66 bits per heavy atom. The number of hydrogen-bond donors (Lipinski definition) is 2. The van der Waals surface area contributed by atoms with Crippen LogP contribution in [0.15, 0.2) is 54.1 Å². The fourth-order valence-electron chi connectivity index (χ4n) is 7.17. The highest BCUT2D eigenvalue weighted by atomic mass is 16.7. The van der Waals surface area contributed by atoms with E-state index in [1.165, 1.54) is 18.6 Å². The minimum Gasteiger partial charge on any atom is -0.456 e. The Kier molecular flexibility index (Phi) is 10.6. The third-order valence-electron chi connectivity index (χ3n) is 9.88. The Labute approximate surface area is 276 Å². The van der Waals surface area contributed by atoms with Crippen molar-refractivity contribution in [1.82, 2.24) is 9.55 Å². The van der Waals surface area contributed by atoms with Gasteiger partial charge in [0, 0.05) is 38.9 Å². The van der Waals surface area contributed by atoms with Crippen LogP contribution in [0, 0.1) is 23.7 Å². The standard InChI is InChI=1S/C35H48N2O10/c1-20(2)25-10-8-21(3)26-15-29(46-30(40)11-9-24-16-37(6)19-36-24)34(5)12-13-35(42-7,47-34)23(14-27(25)26)17-43-33-32(45-22(4)38)31(41)28(39)18-44-33/h8-9,11-14,16,19-20,25-29,31-33,39,41H,10,15,17-18H2,1-7H3/t25-,26+,27-,28-,29?,31-,32+,33-,34+,35-/m1/s1. The maximum atomic E-state index is 13.3. The van der Waals surface area contributed by atoms with E-state index in [4.69, 9.17) is 28.4 Å². The molecule has 1 fully saturated rings. The molecule has 0 saturated carbocycles. The summed E-state index contributed by atoms with van der Waals surface area (Å²) in [4.78, 5) is 29.4. The van der Waals surface area contributed by atoms with Gasteiger partial charge >= 0.3 is 11.9 Å². The second-order valence-corrected chi connectivity index (χ2v) is 13.6. The predicted octanol–water partition coefficient (Wildman–Crippen LogP) is 3.24. The highest BCUT2D eigenvalue weighted by molar-refractivity contribution is 5.86. The molecule has 12 nitrogen and oxygen atoms in total. The molecule has 4 heterocycles. The van der Waals surface area contributed by atoms with E-state index in [9.17, 15) is 19.8 Å². The number of hydrogen-bond acceptors (Lipinski definition) is 11. The van der Waals surface area contributed by atoms with Gasteiger partial charge in [0.15, 0.2) is 12.4 Å². The number of esters is 2.